The molecule has 0 spiro atoms. The van der Waals surface area contributed by atoms with Crippen LogP contribution in [0.1, 0.15) is 332 Å². The fourth-order valence-electron chi connectivity index (χ4n) is 9.14. The number of hydrogen-bond acceptors (Lipinski definition) is 2. The van der Waals surface area contributed by atoms with Crippen LogP contribution in [0.15, 0.2) is 37.5 Å². The van der Waals surface area contributed by atoms with Gasteiger partial charge in [-0.25, -0.2) is 5.01 Å². The van der Waals surface area contributed by atoms with E-state index < -0.39 is 0 Å². The Morgan fingerprint density at radius 2 is 0.831 bits per heavy atom. The van der Waals surface area contributed by atoms with Gasteiger partial charge in [-0.3, -0.25) is 5.43 Å². The van der Waals surface area contributed by atoms with E-state index in [0.29, 0.717) is 6.04 Å². The van der Waals surface area contributed by atoms with Crippen LogP contribution in [0.25, 0.3) is 0 Å². The molecule has 2 heteroatoms. The van der Waals surface area contributed by atoms with Gasteiger partial charge in [-0.15, -0.1) is 13.2 Å². The second kappa shape index (κ2) is 63.1. The molecule has 0 saturated carbocycles. The predicted molar refractivity (Wildman–Crippen MR) is 306 cm³/mol. The van der Waals surface area contributed by atoms with E-state index in [2.05, 4.69) is 98.8 Å². The zero-order chi connectivity index (χ0) is 49.3. The van der Waals surface area contributed by atoms with Crippen molar-refractivity contribution in [2.24, 2.45) is 17.8 Å². The van der Waals surface area contributed by atoms with Gasteiger partial charge < -0.3 is 0 Å². The molecule has 65 heavy (non-hydrogen) atoms. The normalized spacial score (nSPS) is 12.8. The molecule has 0 aromatic heterocycles. The van der Waals surface area contributed by atoms with E-state index >= 15 is 0 Å². The van der Waals surface area contributed by atoms with E-state index in [9.17, 15) is 0 Å². The Hall–Kier alpha value is -0.860. The second-order valence-electron chi connectivity index (χ2n) is 20.3. The van der Waals surface area contributed by atoms with Gasteiger partial charge in [0.15, 0.2) is 0 Å². The first-order valence-electron chi connectivity index (χ1n) is 30.1. The Kier molecular flexibility index (Phi) is 68.7. The van der Waals surface area contributed by atoms with Crippen LogP contribution in [0.2, 0.25) is 0 Å². The van der Waals surface area contributed by atoms with Crippen molar-refractivity contribution in [3.63, 3.8) is 0 Å². The molecule has 0 fully saturated rings. The molecule has 0 radical (unpaired) electrons. The maximum atomic E-state index is 4.54. The van der Waals surface area contributed by atoms with E-state index in [0.717, 1.165) is 17.8 Å². The zero-order valence-corrected chi connectivity index (χ0v) is 47.7. The third-order valence-corrected chi connectivity index (χ3v) is 14.1. The van der Waals surface area contributed by atoms with Crippen LogP contribution < -0.4 is 5.43 Å². The number of unbranched alkanes of at least 4 members (excludes halogenated alkanes) is 28. The Morgan fingerprint density at radius 1 is 0.477 bits per heavy atom. The number of hydrogen-bond donors (Lipinski definition) is 1. The molecule has 0 heterocycles. The molecule has 0 bridgehead atoms. The molecule has 0 saturated heterocycles. The van der Waals surface area contributed by atoms with Gasteiger partial charge in [0.25, 0.3) is 0 Å². The number of allylic oxidation sites excluding steroid dienone is 3. The van der Waals surface area contributed by atoms with Crippen molar-refractivity contribution in [3.8, 4) is 0 Å². The van der Waals surface area contributed by atoms with Crippen LogP contribution in [0.3, 0.4) is 0 Å². The van der Waals surface area contributed by atoms with E-state index in [1.807, 2.05) is 19.9 Å². The van der Waals surface area contributed by atoms with Gasteiger partial charge in [-0.2, -0.15) is 0 Å². The topological polar surface area (TPSA) is 15.3 Å². The predicted octanol–water partition coefficient (Wildman–Crippen LogP) is 22.7. The highest BCUT2D eigenvalue weighted by Gasteiger charge is 2.14. The van der Waals surface area contributed by atoms with E-state index in [-0.39, 0.29) is 0 Å². The molecule has 0 aromatic rings. The lowest BCUT2D eigenvalue weighted by molar-refractivity contribution is 0.156. The standard InChI is InChI=1S/C37H76N2.C14H28.C10H20.C2H6/c1-7-10-13-15-16-17-21-24-28-33-37(39(6)38-5)34-29-25-22-19-18-20-23-26-30-35(4)36(31-12-9-3)32-27-14-11-8-2;1-5-8-9-10-11-14(7-3)12-13(4)6-2;1-3-5-7-9-10-8-6-4-2;1-2/h36-38H,4,7-34H2,1-3,5-6H3;7,13-14H,3,5-6,8-12H2,1-2,4H3;3H,1,4-10H2,2H3;1-2H3. The SMILES string of the molecule is C=C(CCCCCCCCCCC(CCCCCCCCCCC)N(C)NC)C(CCCC)CCCCCC.C=CC(CCCCCC)CC(C)CC.C=CCCCCCCCC.CC. The summed E-state index contributed by atoms with van der Waals surface area (Å²) in [5.41, 5.74) is 4.97. The molecule has 4 atom stereocenters. The first kappa shape index (κ1) is 70.7. The van der Waals surface area contributed by atoms with Crippen LogP contribution in [0, 0.1) is 17.8 Å². The van der Waals surface area contributed by atoms with Crippen LogP contribution >= 0.6 is 0 Å². The molecular weight excluding hydrogens is 785 g/mol. The average Bonchev–Trinajstić information content (AvgIpc) is 3.33. The van der Waals surface area contributed by atoms with Crippen molar-refractivity contribution in [3.05, 3.63) is 37.5 Å². The summed E-state index contributed by atoms with van der Waals surface area (Å²) in [7, 11) is 4.32. The van der Waals surface area contributed by atoms with Gasteiger partial charge in [0.1, 0.15) is 0 Å². The first-order chi connectivity index (χ1) is 31.8. The van der Waals surface area contributed by atoms with Gasteiger partial charge in [0.05, 0.1) is 0 Å². The molecule has 0 aliphatic carbocycles. The lowest BCUT2D eigenvalue weighted by Crippen LogP contribution is -2.40. The Balaban J connectivity index is -0.000000578. The molecule has 0 rings (SSSR count). The Labute approximate surface area is 416 Å². The number of rotatable bonds is 48. The Morgan fingerprint density at radius 3 is 1.23 bits per heavy atom. The Bertz CT molecular complexity index is 863. The van der Waals surface area contributed by atoms with Crippen molar-refractivity contribution in [1.82, 2.24) is 10.4 Å². The summed E-state index contributed by atoms with van der Waals surface area (Å²) in [5.74, 6) is 2.43. The first-order valence-corrected chi connectivity index (χ1v) is 30.1. The molecule has 0 aliphatic rings. The van der Waals surface area contributed by atoms with Crippen LogP contribution in [0.5, 0.6) is 0 Å². The number of nitrogens with one attached hydrogen (secondary N) is 1. The van der Waals surface area contributed by atoms with E-state index in [1.165, 1.54) is 270 Å². The minimum Gasteiger partial charge on any atom is -0.258 e. The molecule has 4 unspecified atom stereocenters. The lowest BCUT2D eigenvalue weighted by Gasteiger charge is -2.27. The fraction of sp³-hybridized carbons (Fsp3) is 0.905. The monoisotopic (exact) mass is 915 g/mol. The molecule has 0 amide bonds. The van der Waals surface area contributed by atoms with Gasteiger partial charge >= 0.3 is 0 Å². The summed E-state index contributed by atoms with van der Waals surface area (Å²) in [4.78, 5) is 0. The summed E-state index contributed by atoms with van der Waals surface area (Å²) in [6, 6.07) is 0.709. The maximum absolute atomic E-state index is 4.54. The van der Waals surface area contributed by atoms with Crippen LogP contribution in [0.4, 0.5) is 0 Å². The summed E-state index contributed by atoms with van der Waals surface area (Å²) >= 11 is 0. The zero-order valence-electron chi connectivity index (χ0n) is 47.7. The number of hydrazine groups is 1. The van der Waals surface area contributed by atoms with Gasteiger partial charge in [-0.05, 0) is 89.0 Å². The minimum atomic E-state index is 0.709. The summed E-state index contributed by atoms with van der Waals surface area (Å²) in [6.07, 6.45) is 62.4. The second-order valence-corrected chi connectivity index (χ2v) is 20.3. The highest BCUT2D eigenvalue weighted by molar-refractivity contribution is 5.00. The smallest absolute Gasteiger partial charge is 0.0240 e. The van der Waals surface area contributed by atoms with Crippen molar-refractivity contribution >= 4 is 0 Å². The molecule has 0 aromatic carbocycles. The third-order valence-electron chi connectivity index (χ3n) is 14.1. The molecule has 0 aliphatic heterocycles. The van der Waals surface area contributed by atoms with Crippen LogP contribution in [-0.2, 0) is 0 Å². The quantitative estimate of drug-likeness (QED) is 0.0372. The van der Waals surface area contributed by atoms with Gasteiger partial charge in [-0.1, -0.05) is 292 Å². The summed E-state index contributed by atoms with van der Waals surface area (Å²) < 4.78 is 0. The maximum Gasteiger partial charge on any atom is 0.0240 e. The lowest BCUT2D eigenvalue weighted by atomic mass is 9.86. The van der Waals surface area contributed by atoms with Gasteiger partial charge in [0.2, 0.25) is 0 Å². The molecule has 392 valence electrons. The van der Waals surface area contributed by atoms with E-state index in [4.69, 9.17) is 0 Å². The van der Waals surface area contributed by atoms with Crippen LogP contribution in [-0.4, -0.2) is 25.1 Å². The molecule has 2 nitrogen and oxygen atoms in total. The highest BCUT2D eigenvalue weighted by atomic mass is 15.5. The summed E-state index contributed by atoms with van der Waals surface area (Å²) in [5, 5.41) is 2.37. The van der Waals surface area contributed by atoms with E-state index in [1.54, 1.807) is 5.57 Å². The number of nitrogens with zero attached hydrogens (tertiary/aromatic N) is 1. The highest BCUT2D eigenvalue weighted by Crippen LogP contribution is 2.28. The van der Waals surface area contributed by atoms with Crippen molar-refractivity contribution < 1.29 is 0 Å². The average molecular weight is 916 g/mol. The summed E-state index contributed by atoms with van der Waals surface area (Å²) in [6.45, 7) is 32.3. The molecule has 1 N–H and O–H groups in total. The van der Waals surface area contributed by atoms with Crippen molar-refractivity contribution in [2.45, 2.75) is 338 Å². The third kappa shape index (κ3) is 57.4. The molecular formula is C63H130N2. The fourth-order valence-corrected chi connectivity index (χ4v) is 9.14. The van der Waals surface area contributed by atoms with Crippen molar-refractivity contribution in [2.75, 3.05) is 14.1 Å². The largest absolute Gasteiger partial charge is 0.258 e. The van der Waals surface area contributed by atoms with Gasteiger partial charge in [0, 0.05) is 13.1 Å². The van der Waals surface area contributed by atoms with Crippen molar-refractivity contribution in [1.29, 1.82) is 0 Å². The minimum absolute atomic E-state index is 0.709.